The van der Waals surface area contributed by atoms with Gasteiger partial charge in [-0.1, -0.05) is 30.3 Å². The van der Waals surface area contributed by atoms with Gasteiger partial charge in [0.05, 0.1) is 23.2 Å². The number of aliphatic carboxylic acids is 1. The third kappa shape index (κ3) is 8.03. The molecule has 0 radical (unpaired) electrons. The third-order valence-electron chi connectivity index (χ3n) is 6.78. The quantitative estimate of drug-likeness (QED) is 0.237. The number of nitrogens with two attached hydrogens (primary N) is 1. The molecule has 0 aliphatic carbocycles. The summed E-state index contributed by atoms with van der Waals surface area (Å²) in [5.74, 6) is -4.30. The van der Waals surface area contributed by atoms with Gasteiger partial charge in [-0.3, -0.25) is 19.2 Å². The van der Waals surface area contributed by atoms with Gasteiger partial charge < -0.3 is 36.8 Å². The molecule has 1 aliphatic rings. The van der Waals surface area contributed by atoms with Crippen molar-refractivity contribution in [2.24, 2.45) is 11.7 Å². The highest BCUT2D eigenvalue weighted by atomic mass is 16.4. The molecule has 1 aliphatic heterocycles. The monoisotopic (exact) mass is 553 g/mol. The van der Waals surface area contributed by atoms with E-state index < -0.39 is 53.7 Å². The molecule has 1 saturated heterocycles. The van der Waals surface area contributed by atoms with Crippen molar-refractivity contribution in [3.05, 3.63) is 59.7 Å². The maximum Gasteiger partial charge on any atom is 0.337 e. The summed E-state index contributed by atoms with van der Waals surface area (Å²) in [5.41, 5.74) is 6.82. The number of amides is 3. The first-order valence-corrected chi connectivity index (χ1v) is 13.0. The van der Waals surface area contributed by atoms with Crippen molar-refractivity contribution in [2.45, 2.75) is 51.2 Å². The lowest BCUT2D eigenvalue weighted by Gasteiger charge is -2.32. The molecule has 0 aromatic heterocycles. The molecule has 2 aromatic rings. The Morgan fingerprint density at radius 2 is 1.57 bits per heavy atom. The zero-order valence-electron chi connectivity index (χ0n) is 22.4. The van der Waals surface area contributed by atoms with Gasteiger partial charge >= 0.3 is 11.9 Å². The summed E-state index contributed by atoms with van der Waals surface area (Å²) in [7, 11) is 0. The van der Waals surface area contributed by atoms with E-state index in [0.29, 0.717) is 31.6 Å². The highest BCUT2D eigenvalue weighted by Crippen LogP contribution is 2.28. The van der Waals surface area contributed by atoms with Crippen molar-refractivity contribution >= 4 is 41.0 Å². The molecule has 7 N–H and O–H groups in total. The van der Waals surface area contributed by atoms with Crippen LogP contribution < -0.4 is 26.6 Å². The molecule has 0 spiro atoms. The number of benzene rings is 2. The summed E-state index contributed by atoms with van der Waals surface area (Å²) >= 11 is 0. The predicted octanol–water partition coefficient (Wildman–Crippen LogP) is 1.20. The van der Waals surface area contributed by atoms with Crippen molar-refractivity contribution in [3.8, 4) is 0 Å². The molecule has 12 heteroatoms. The Morgan fingerprint density at radius 1 is 0.925 bits per heavy atom. The fraction of sp³-hybridized carbons (Fsp3) is 0.393. The van der Waals surface area contributed by atoms with Crippen LogP contribution in [0.2, 0.25) is 0 Å². The van der Waals surface area contributed by atoms with Gasteiger partial charge in [0.1, 0.15) is 12.1 Å². The topological polar surface area (TPSA) is 191 Å². The SMILES string of the molecule is C[C@H](N)C(=O)N[C@@H](C)C(=O)N[C@@H](Cc1ccccc1)C(=O)Nc1ccc(N2CCC(C(=O)O)CC2)cc1C(=O)O. The van der Waals surface area contributed by atoms with Crippen LogP contribution in [0.3, 0.4) is 0 Å². The van der Waals surface area contributed by atoms with E-state index in [0.717, 1.165) is 5.56 Å². The van der Waals surface area contributed by atoms with Crippen LogP contribution in [-0.4, -0.2) is 71.1 Å². The molecule has 0 bridgehead atoms. The van der Waals surface area contributed by atoms with Crippen molar-refractivity contribution in [1.29, 1.82) is 0 Å². The number of carboxylic acids is 2. The van der Waals surface area contributed by atoms with E-state index in [1.54, 1.807) is 30.3 Å². The van der Waals surface area contributed by atoms with Gasteiger partial charge in [-0.15, -0.1) is 0 Å². The Bertz CT molecular complexity index is 1240. The van der Waals surface area contributed by atoms with Crippen molar-refractivity contribution < 1.29 is 34.2 Å². The summed E-state index contributed by atoms with van der Waals surface area (Å²) in [6.45, 7) is 3.87. The summed E-state index contributed by atoms with van der Waals surface area (Å²) in [4.78, 5) is 63.4. The number of carbonyl (C=O) groups excluding carboxylic acids is 3. The number of carbonyl (C=O) groups is 5. The lowest BCUT2D eigenvalue weighted by Crippen LogP contribution is -2.54. The van der Waals surface area contributed by atoms with E-state index >= 15 is 0 Å². The zero-order chi connectivity index (χ0) is 29.4. The molecule has 1 heterocycles. The minimum absolute atomic E-state index is 0.0484. The maximum absolute atomic E-state index is 13.4. The van der Waals surface area contributed by atoms with E-state index in [2.05, 4.69) is 16.0 Å². The van der Waals surface area contributed by atoms with Crippen LogP contribution in [0.4, 0.5) is 11.4 Å². The van der Waals surface area contributed by atoms with E-state index in [9.17, 15) is 34.2 Å². The molecular weight excluding hydrogens is 518 g/mol. The van der Waals surface area contributed by atoms with Crippen molar-refractivity contribution in [1.82, 2.24) is 10.6 Å². The molecule has 2 aromatic carbocycles. The molecule has 0 saturated carbocycles. The molecule has 1 fully saturated rings. The number of aromatic carboxylic acids is 1. The Labute approximate surface area is 231 Å². The fourth-order valence-corrected chi connectivity index (χ4v) is 4.39. The second kappa shape index (κ2) is 13.6. The van der Waals surface area contributed by atoms with Gasteiger partial charge in [0, 0.05) is 25.2 Å². The van der Waals surface area contributed by atoms with E-state index in [1.165, 1.54) is 26.0 Å². The van der Waals surface area contributed by atoms with Crippen LogP contribution >= 0.6 is 0 Å². The second-order valence-electron chi connectivity index (χ2n) is 9.89. The van der Waals surface area contributed by atoms with Gasteiger partial charge in [-0.2, -0.15) is 0 Å². The minimum atomic E-state index is -1.26. The Morgan fingerprint density at radius 3 is 2.15 bits per heavy atom. The summed E-state index contributed by atoms with van der Waals surface area (Å²) < 4.78 is 0. The third-order valence-corrected chi connectivity index (χ3v) is 6.78. The number of rotatable bonds is 11. The summed E-state index contributed by atoms with van der Waals surface area (Å²) in [5, 5.41) is 26.9. The number of nitrogens with one attached hydrogen (secondary N) is 3. The molecule has 3 amide bonds. The van der Waals surface area contributed by atoms with E-state index in [1.807, 2.05) is 11.0 Å². The lowest BCUT2D eigenvalue weighted by atomic mass is 9.96. The van der Waals surface area contributed by atoms with Crippen LogP contribution in [0.5, 0.6) is 0 Å². The molecule has 214 valence electrons. The number of hydrogen-bond acceptors (Lipinski definition) is 7. The molecule has 3 atom stereocenters. The van der Waals surface area contributed by atoms with Gasteiger partial charge in [-0.25, -0.2) is 4.79 Å². The fourth-order valence-electron chi connectivity index (χ4n) is 4.39. The predicted molar refractivity (Wildman–Crippen MR) is 148 cm³/mol. The minimum Gasteiger partial charge on any atom is -0.481 e. The number of carboxylic acid groups (broad SMARTS) is 2. The summed E-state index contributed by atoms with van der Waals surface area (Å²) in [6.07, 6.45) is 1.01. The normalized spacial score (nSPS) is 15.8. The van der Waals surface area contributed by atoms with E-state index in [4.69, 9.17) is 5.73 Å². The standard InChI is InChI=1S/C28H35N5O7/c1-16(29)24(34)30-17(2)25(35)32-23(14-18-6-4-3-5-7-18)26(36)31-22-9-8-20(15-21(22)28(39)40)33-12-10-19(11-13-33)27(37)38/h3-9,15-17,19,23H,10-14,29H2,1-2H3,(H,30,34)(H,31,36)(H,32,35)(H,37,38)(H,39,40)/t16-,17-,23-/m0/s1. The van der Waals surface area contributed by atoms with Gasteiger partial charge in [0.25, 0.3) is 0 Å². The molecule has 40 heavy (non-hydrogen) atoms. The summed E-state index contributed by atoms with van der Waals surface area (Å²) in [6, 6.07) is 10.7. The molecule has 0 unspecified atom stereocenters. The van der Waals surface area contributed by atoms with Crippen LogP contribution in [-0.2, 0) is 25.6 Å². The van der Waals surface area contributed by atoms with Crippen LogP contribution in [0.25, 0.3) is 0 Å². The average molecular weight is 554 g/mol. The van der Waals surface area contributed by atoms with E-state index in [-0.39, 0.29) is 17.7 Å². The number of nitrogens with zero attached hydrogens (tertiary/aromatic N) is 1. The maximum atomic E-state index is 13.4. The smallest absolute Gasteiger partial charge is 0.337 e. The van der Waals surface area contributed by atoms with Crippen LogP contribution in [0, 0.1) is 5.92 Å². The second-order valence-corrected chi connectivity index (χ2v) is 9.89. The number of anilines is 2. The lowest BCUT2D eigenvalue weighted by molar-refractivity contribution is -0.142. The largest absolute Gasteiger partial charge is 0.481 e. The molecule has 12 nitrogen and oxygen atoms in total. The Balaban J connectivity index is 1.79. The zero-order valence-corrected chi connectivity index (χ0v) is 22.4. The Kier molecular flexibility index (Phi) is 10.2. The van der Waals surface area contributed by atoms with Crippen molar-refractivity contribution in [3.63, 3.8) is 0 Å². The highest BCUT2D eigenvalue weighted by Gasteiger charge is 2.28. The van der Waals surface area contributed by atoms with Crippen LogP contribution in [0.1, 0.15) is 42.6 Å². The average Bonchev–Trinajstić information content (AvgIpc) is 2.93. The van der Waals surface area contributed by atoms with Crippen LogP contribution in [0.15, 0.2) is 48.5 Å². The first kappa shape index (κ1) is 30.1. The molecular formula is C28H35N5O7. The van der Waals surface area contributed by atoms with Gasteiger partial charge in [0.15, 0.2) is 0 Å². The van der Waals surface area contributed by atoms with Gasteiger partial charge in [0.2, 0.25) is 17.7 Å². The number of piperidine rings is 1. The molecule has 3 rings (SSSR count). The van der Waals surface area contributed by atoms with Crippen molar-refractivity contribution in [2.75, 3.05) is 23.3 Å². The highest BCUT2D eigenvalue weighted by molar-refractivity contribution is 6.04. The first-order valence-electron chi connectivity index (χ1n) is 13.0. The van der Waals surface area contributed by atoms with Gasteiger partial charge in [-0.05, 0) is 50.5 Å². The first-order chi connectivity index (χ1) is 19.0. The number of hydrogen-bond donors (Lipinski definition) is 6. The Hall–Kier alpha value is -4.45.